The number of rotatable bonds is 6. The molecule has 1 aromatic rings. The molecule has 5 nitrogen and oxygen atoms in total. The van der Waals surface area contributed by atoms with Gasteiger partial charge >= 0.3 is 6.03 Å². The summed E-state index contributed by atoms with van der Waals surface area (Å²) >= 11 is 3.34. The number of carbonyl (C=O) groups is 3. The SMILES string of the molecule is CCC1(CC)NC(=O)N(CC(=O)Cc2ccc(Br)cc2)C1=O. The minimum atomic E-state index is -0.852. The summed E-state index contributed by atoms with van der Waals surface area (Å²) in [6.45, 7) is 3.53. The van der Waals surface area contributed by atoms with Crippen LogP contribution in [0.3, 0.4) is 0 Å². The fourth-order valence-electron chi connectivity index (χ4n) is 2.61. The lowest BCUT2D eigenvalue weighted by molar-refractivity contribution is -0.134. The number of carbonyl (C=O) groups excluding carboxylic acids is 3. The summed E-state index contributed by atoms with van der Waals surface area (Å²) in [5, 5.41) is 2.72. The molecule has 22 heavy (non-hydrogen) atoms. The first kappa shape index (κ1) is 16.7. The number of halogens is 1. The Labute approximate surface area is 138 Å². The second kappa shape index (κ2) is 6.60. The van der Waals surface area contributed by atoms with Crippen molar-refractivity contribution in [2.75, 3.05) is 6.54 Å². The number of urea groups is 1. The van der Waals surface area contributed by atoms with Crippen LogP contribution in [-0.2, 0) is 16.0 Å². The predicted octanol–water partition coefficient (Wildman–Crippen LogP) is 2.67. The Morgan fingerprint density at radius 3 is 2.27 bits per heavy atom. The molecular formula is C16H19BrN2O3. The molecule has 2 rings (SSSR count). The second-order valence-corrected chi connectivity index (χ2v) is 6.37. The van der Waals surface area contributed by atoms with E-state index in [0.717, 1.165) is 14.9 Å². The summed E-state index contributed by atoms with van der Waals surface area (Å²) in [6.07, 6.45) is 1.24. The summed E-state index contributed by atoms with van der Waals surface area (Å²) in [5.41, 5.74) is 0.00659. The van der Waals surface area contributed by atoms with Gasteiger partial charge < -0.3 is 5.32 Å². The van der Waals surface area contributed by atoms with Gasteiger partial charge in [0.2, 0.25) is 0 Å². The highest BCUT2D eigenvalue weighted by molar-refractivity contribution is 9.10. The van der Waals surface area contributed by atoms with Crippen molar-refractivity contribution >= 4 is 33.7 Å². The topological polar surface area (TPSA) is 66.5 Å². The fourth-order valence-corrected chi connectivity index (χ4v) is 2.88. The van der Waals surface area contributed by atoms with Crippen molar-refractivity contribution in [2.45, 2.75) is 38.6 Å². The number of nitrogens with zero attached hydrogens (tertiary/aromatic N) is 1. The monoisotopic (exact) mass is 366 g/mol. The lowest BCUT2D eigenvalue weighted by Crippen LogP contribution is -2.46. The van der Waals surface area contributed by atoms with E-state index < -0.39 is 11.6 Å². The summed E-state index contributed by atoms with van der Waals surface area (Å²) in [4.78, 5) is 37.6. The van der Waals surface area contributed by atoms with Crippen molar-refractivity contribution < 1.29 is 14.4 Å². The van der Waals surface area contributed by atoms with Gasteiger partial charge in [-0.2, -0.15) is 0 Å². The van der Waals surface area contributed by atoms with Gasteiger partial charge in [-0.25, -0.2) is 4.79 Å². The third-order valence-electron chi connectivity index (χ3n) is 4.10. The molecule has 6 heteroatoms. The largest absolute Gasteiger partial charge is 0.325 e. The number of amides is 3. The van der Waals surface area contributed by atoms with Crippen LogP contribution in [0.5, 0.6) is 0 Å². The van der Waals surface area contributed by atoms with Gasteiger partial charge in [0.05, 0.1) is 6.54 Å². The van der Waals surface area contributed by atoms with Crippen molar-refractivity contribution in [3.05, 3.63) is 34.3 Å². The summed E-state index contributed by atoms with van der Waals surface area (Å²) in [5.74, 6) is -0.458. The van der Waals surface area contributed by atoms with Crippen molar-refractivity contribution in [1.29, 1.82) is 0 Å². The lowest BCUT2D eigenvalue weighted by Gasteiger charge is -2.22. The van der Waals surface area contributed by atoms with Gasteiger partial charge in [-0.1, -0.05) is 41.9 Å². The average Bonchev–Trinajstić information content (AvgIpc) is 2.74. The van der Waals surface area contributed by atoms with Gasteiger partial charge in [-0.3, -0.25) is 14.5 Å². The van der Waals surface area contributed by atoms with E-state index in [1.807, 2.05) is 38.1 Å². The van der Waals surface area contributed by atoms with Crippen LogP contribution in [0.4, 0.5) is 4.79 Å². The summed E-state index contributed by atoms with van der Waals surface area (Å²) in [7, 11) is 0. The first-order valence-corrected chi connectivity index (χ1v) is 8.11. The van der Waals surface area contributed by atoms with E-state index in [0.29, 0.717) is 12.8 Å². The Kier molecular flexibility index (Phi) is 5.01. The molecule has 1 aromatic carbocycles. The van der Waals surface area contributed by atoms with Gasteiger partial charge in [-0.05, 0) is 30.5 Å². The highest BCUT2D eigenvalue weighted by Gasteiger charge is 2.48. The van der Waals surface area contributed by atoms with E-state index in [2.05, 4.69) is 21.2 Å². The van der Waals surface area contributed by atoms with Crippen molar-refractivity contribution in [3.63, 3.8) is 0 Å². The molecule has 1 N–H and O–H groups in total. The van der Waals surface area contributed by atoms with E-state index in [1.165, 1.54) is 0 Å². The molecule has 1 heterocycles. The van der Waals surface area contributed by atoms with Gasteiger partial charge in [0.25, 0.3) is 5.91 Å². The van der Waals surface area contributed by atoms with Crippen molar-refractivity contribution in [1.82, 2.24) is 10.2 Å². The van der Waals surface area contributed by atoms with Gasteiger partial charge in [-0.15, -0.1) is 0 Å². The Bertz CT molecular complexity index is 594. The number of imide groups is 1. The number of benzene rings is 1. The minimum absolute atomic E-state index is 0.158. The van der Waals surface area contributed by atoms with Crippen LogP contribution in [-0.4, -0.2) is 34.7 Å². The highest BCUT2D eigenvalue weighted by atomic mass is 79.9. The summed E-state index contributed by atoms with van der Waals surface area (Å²) < 4.78 is 0.938. The smallest absolute Gasteiger partial charge is 0.323 e. The lowest BCUT2D eigenvalue weighted by atomic mass is 9.93. The first-order chi connectivity index (χ1) is 10.4. The molecule has 0 saturated carbocycles. The maximum atomic E-state index is 12.4. The minimum Gasteiger partial charge on any atom is -0.323 e. The normalized spacial score (nSPS) is 16.8. The van der Waals surface area contributed by atoms with E-state index in [9.17, 15) is 14.4 Å². The van der Waals surface area contributed by atoms with Gasteiger partial charge in [0.15, 0.2) is 5.78 Å². The molecule has 0 aliphatic carbocycles. The average molecular weight is 367 g/mol. The van der Waals surface area contributed by atoms with Crippen molar-refractivity contribution in [3.8, 4) is 0 Å². The van der Waals surface area contributed by atoms with Crippen LogP contribution in [0.1, 0.15) is 32.3 Å². The molecular weight excluding hydrogens is 348 g/mol. The molecule has 0 bridgehead atoms. The van der Waals surface area contributed by atoms with Crippen LogP contribution in [0.25, 0.3) is 0 Å². The zero-order chi connectivity index (χ0) is 16.3. The Morgan fingerprint density at radius 2 is 1.77 bits per heavy atom. The standard InChI is InChI=1S/C16H19BrN2O3/c1-3-16(4-2)14(21)19(15(22)18-16)10-13(20)9-11-5-7-12(17)8-6-11/h5-8H,3-4,9-10H2,1-2H3,(H,18,22). The molecule has 118 valence electrons. The van der Waals surface area contributed by atoms with Crippen LogP contribution in [0, 0.1) is 0 Å². The molecule has 0 radical (unpaired) electrons. The third-order valence-corrected chi connectivity index (χ3v) is 4.63. The Balaban J connectivity index is 2.04. The molecule has 1 saturated heterocycles. The zero-order valence-electron chi connectivity index (χ0n) is 12.7. The Morgan fingerprint density at radius 1 is 1.18 bits per heavy atom. The van der Waals surface area contributed by atoms with Crippen LogP contribution in [0.15, 0.2) is 28.7 Å². The predicted molar refractivity (Wildman–Crippen MR) is 86.4 cm³/mol. The summed E-state index contributed by atoms with van der Waals surface area (Å²) in [6, 6.07) is 6.93. The van der Waals surface area contributed by atoms with Crippen LogP contribution < -0.4 is 5.32 Å². The van der Waals surface area contributed by atoms with Gasteiger partial charge in [0, 0.05) is 10.9 Å². The van der Waals surface area contributed by atoms with E-state index in [1.54, 1.807) is 0 Å². The molecule has 0 unspecified atom stereocenters. The maximum Gasteiger partial charge on any atom is 0.325 e. The second-order valence-electron chi connectivity index (χ2n) is 5.45. The molecule has 3 amide bonds. The van der Waals surface area contributed by atoms with Crippen molar-refractivity contribution in [2.24, 2.45) is 0 Å². The number of Topliss-reactive ketones (excluding diaryl/α,β-unsaturated/α-hetero) is 1. The zero-order valence-corrected chi connectivity index (χ0v) is 14.3. The third kappa shape index (κ3) is 3.21. The fraction of sp³-hybridized carbons (Fsp3) is 0.438. The Hall–Kier alpha value is -1.69. The molecule has 0 aromatic heterocycles. The number of ketones is 1. The molecule has 0 spiro atoms. The van der Waals surface area contributed by atoms with Gasteiger partial charge in [0.1, 0.15) is 5.54 Å². The number of hydrogen-bond donors (Lipinski definition) is 1. The van der Waals surface area contributed by atoms with Crippen LogP contribution >= 0.6 is 15.9 Å². The molecule has 1 fully saturated rings. The number of hydrogen-bond acceptors (Lipinski definition) is 3. The van der Waals surface area contributed by atoms with E-state index >= 15 is 0 Å². The first-order valence-electron chi connectivity index (χ1n) is 7.32. The van der Waals surface area contributed by atoms with Crippen LogP contribution in [0.2, 0.25) is 0 Å². The molecule has 1 aliphatic rings. The highest BCUT2D eigenvalue weighted by Crippen LogP contribution is 2.24. The maximum absolute atomic E-state index is 12.4. The van der Waals surface area contributed by atoms with E-state index in [4.69, 9.17) is 0 Å². The molecule has 0 atom stereocenters. The quantitative estimate of drug-likeness (QED) is 0.787. The molecule has 1 aliphatic heterocycles. The number of nitrogens with one attached hydrogen (secondary N) is 1. The van der Waals surface area contributed by atoms with E-state index in [-0.39, 0.29) is 24.7 Å².